The average molecular weight is 562 g/mol. The zero-order valence-corrected chi connectivity index (χ0v) is 24.2. The van der Waals surface area contributed by atoms with Crippen molar-refractivity contribution in [3.05, 3.63) is 145 Å². The van der Waals surface area contributed by atoms with Crippen molar-refractivity contribution < 1.29 is 29.7 Å². The molecule has 0 aliphatic carbocycles. The second kappa shape index (κ2) is 12.2. The molecule has 2 N–H and O–H groups in total. The van der Waals surface area contributed by atoms with Crippen LogP contribution in [0.4, 0.5) is 0 Å². The number of hydrogen-bond donors (Lipinski definition) is 2. The first-order valence-electron chi connectivity index (χ1n) is 11.9. The van der Waals surface area contributed by atoms with Crippen LogP contribution >= 0.6 is 0 Å². The van der Waals surface area contributed by atoms with E-state index in [-0.39, 0.29) is 31.0 Å². The Morgan fingerprint density at radius 3 is 1.31 bits per heavy atom. The normalized spacial score (nSPS) is 10.3. The van der Waals surface area contributed by atoms with Crippen LogP contribution in [0.5, 0.6) is 11.5 Å². The van der Waals surface area contributed by atoms with Crippen LogP contribution in [0, 0.1) is 0 Å². The van der Waals surface area contributed by atoms with Crippen molar-refractivity contribution in [2.75, 3.05) is 0 Å². The maximum Gasteiger partial charge on any atom is 0.141 e. The molecular weight excluding hydrogens is 538 g/mol. The molecule has 0 saturated heterocycles. The molecule has 0 atom stereocenters. The van der Waals surface area contributed by atoms with Gasteiger partial charge in [-0.15, -0.1) is 0 Å². The van der Waals surface area contributed by atoms with E-state index in [0.717, 1.165) is 33.3 Å². The Kier molecular flexibility index (Phi) is 8.54. The Labute approximate surface area is 238 Å². The quantitative estimate of drug-likeness (QED) is 0.230. The number of rotatable bonds is 4. The van der Waals surface area contributed by atoms with Gasteiger partial charge in [-0.25, -0.2) is 9.97 Å². The SMILES string of the molecule is C=C(c1ccccn1)c1ccc2cccc(O)c2n1.C=C(c1ccccn1)c1ccc2cccc(O)c2n1.[Zn]. The Balaban J connectivity index is 0.000000176. The molecule has 0 spiro atoms. The Bertz CT molecular complexity index is 1640. The minimum Gasteiger partial charge on any atom is -0.506 e. The van der Waals surface area contributed by atoms with Crippen molar-refractivity contribution in [1.82, 2.24) is 19.9 Å². The number of nitrogens with zero attached hydrogens (tertiary/aromatic N) is 4. The summed E-state index contributed by atoms with van der Waals surface area (Å²) < 4.78 is 0. The summed E-state index contributed by atoms with van der Waals surface area (Å²) in [5.74, 6) is 0.348. The Morgan fingerprint density at radius 1 is 0.487 bits per heavy atom. The van der Waals surface area contributed by atoms with Gasteiger partial charge in [0.1, 0.15) is 22.5 Å². The summed E-state index contributed by atoms with van der Waals surface area (Å²) in [7, 11) is 0. The molecule has 6 rings (SSSR count). The fourth-order valence-electron chi connectivity index (χ4n) is 3.94. The molecular formula is C32H24N4O2Zn. The van der Waals surface area contributed by atoms with Crippen molar-refractivity contribution in [2.45, 2.75) is 0 Å². The first-order valence-corrected chi connectivity index (χ1v) is 11.9. The van der Waals surface area contributed by atoms with Gasteiger partial charge in [-0.1, -0.05) is 61.7 Å². The molecule has 0 aliphatic rings. The number of phenolic OH excluding ortho intramolecular Hbond substituents is 2. The van der Waals surface area contributed by atoms with E-state index >= 15 is 0 Å². The van der Waals surface area contributed by atoms with Crippen LogP contribution in [0.1, 0.15) is 22.8 Å². The van der Waals surface area contributed by atoms with Gasteiger partial charge in [-0.2, -0.15) is 0 Å². The van der Waals surface area contributed by atoms with E-state index in [1.54, 1.807) is 36.7 Å². The van der Waals surface area contributed by atoms with Gasteiger partial charge in [0.25, 0.3) is 0 Å². The van der Waals surface area contributed by atoms with Crippen molar-refractivity contribution >= 4 is 33.0 Å². The van der Waals surface area contributed by atoms with E-state index in [1.807, 2.05) is 72.8 Å². The summed E-state index contributed by atoms with van der Waals surface area (Å²) in [5, 5.41) is 21.5. The van der Waals surface area contributed by atoms with Gasteiger partial charge < -0.3 is 10.2 Å². The van der Waals surface area contributed by atoms with E-state index in [2.05, 4.69) is 33.1 Å². The Hall–Kier alpha value is -4.74. The van der Waals surface area contributed by atoms with Gasteiger partial charge in [0, 0.05) is 53.8 Å². The number of phenols is 2. The summed E-state index contributed by atoms with van der Waals surface area (Å²) in [6.45, 7) is 8.05. The topological polar surface area (TPSA) is 92.0 Å². The molecule has 2 aromatic carbocycles. The summed E-state index contributed by atoms with van der Waals surface area (Å²) in [6, 6.07) is 29.6. The van der Waals surface area contributed by atoms with Crippen LogP contribution in [-0.4, -0.2) is 30.1 Å². The Morgan fingerprint density at radius 2 is 0.923 bits per heavy atom. The molecule has 0 radical (unpaired) electrons. The minimum absolute atomic E-state index is 0. The van der Waals surface area contributed by atoms with Crippen molar-refractivity contribution in [2.24, 2.45) is 0 Å². The maximum absolute atomic E-state index is 9.84. The van der Waals surface area contributed by atoms with Crippen LogP contribution in [0.2, 0.25) is 0 Å². The third-order valence-electron chi connectivity index (χ3n) is 5.96. The molecule has 186 valence electrons. The largest absolute Gasteiger partial charge is 0.506 e. The molecule has 39 heavy (non-hydrogen) atoms. The van der Waals surface area contributed by atoms with Crippen LogP contribution < -0.4 is 0 Å². The molecule has 7 heteroatoms. The van der Waals surface area contributed by atoms with Crippen LogP contribution in [0.15, 0.2) is 123 Å². The molecule has 4 heterocycles. The average Bonchev–Trinajstić information content (AvgIpc) is 2.98. The second-order valence-electron chi connectivity index (χ2n) is 8.48. The van der Waals surface area contributed by atoms with Crippen LogP contribution in [-0.2, 0) is 19.5 Å². The zero-order chi connectivity index (χ0) is 26.5. The first kappa shape index (κ1) is 27.3. The van der Waals surface area contributed by atoms with E-state index in [4.69, 9.17) is 0 Å². The molecule has 6 nitrogen and oxygen atoms in total. The fourth-order valence-corrected chi connectivity index (χ4v) is 3.94. The smallest absolute Gasteiger partial charge is 0.141 e. The number of hydrogen-bond acceptors (Lipinski definition) is 6. The fraction of sp³-hybridized carbons (Fsp3) is 0. The number of pyridine rings is 4. The predicted molar refractivity (Wildman–Crippen MR) is 152 cm³/mol. The van der Waals surface area contributed by atoms with Crippen molar-refractivity contribution in [1.29, 1.82) is 0 Å². The van der Waals surface area contributed by atoms with E-state index in [1.165, 1.54) is 0 Å². The summed E-state index contributed by atoms with van der Waals surface area (Å²) in [6.07, 6.45) is 3.44. The van der Waals surface area contributed by atoms with Crippen LogP contribution in [0.3, 0.4) is 0 Å². The van der Waals surface area contributed by atoms with Gasteiger partial charge in [0.2, 0.25) is 0 Å². The number of benzene rings is 2. The molecule has 0 aliphatic heterocycles. The number of aromatic nitrogens is 4. The van der Waals surface area contributed by atoms with Gasteiger partial charge >= 0.3 is 0 Å². The zero-order valence-electron chi connectivity index (χ0n) is 21.2. The van der Waals surface area contributed by atoms with Gasteiger partial charge in [0.15, 0.2) is 0 Å². The van der Waals surface area contributed by atoms with Gasteiger partial charge in [0.05, 0.1) is 22.8 Å². The third-order valence-corrected chi connectivity index (χ3v) is 5.96. The van der Waals surface area contributed by atoms with Crippen LogP contribution in [0.25, 0.3) is 33.0 Å². The van der Waals surface area contributed by atoms with E-state index in [9.17, 15) is 10.2 Å². The maximum atomic E-state index is 9.84. The number of para-hydroxylation sites is 2. The predicted octanol–water partition coefficient (Wildman–Crippen LogP) is 6.79. The summed E-state index contributed by atoms with van der Waals surface area (Å²) in [4.78, 5) is 17.4. The molecule has 0 bridgehead atoms. The summed E-state index contributed by atoms with van der Waals surface area (Å²) >= 11 is 0. The molecule has 6 aromatic rings. The minimum atomic E-state index is 0. The number of fused-ring (bicyclic) bond motifs is 2. The molecule has 0 unspecified atom stereocenters. The van der Waals surface area contributed by atoms with Crippen molar-refractivity contribution in [3.8, 4) is 11.5 Å². The second-order valence-corrected chi connectivity index (χ2v) is 8.48. The standard InChI is InChI=1S/2C16H12N2O.Zn/c2*1-11(13-6-2-3-10-17-13)14-9-8-12-5-4-7-15(19)16(12)18-14;/h2*2-10,19H,1H2;. The van der Waals surface area contributed by atoms with E-state index in [0.29, 0.717) is 22.4 Å². The molecule has 0 saturated carbocycles. The third kappa shape index (κ3) is 6.06. The molecule has 0 amide bonds. The molecule has 0 fully saturated rings. The van der Waals surface area contributed by atoms with Gasteiger partial charge in [-0.05, 0) is 48.5 Å². The number of aromatic hydroxyl groups is 2. The first-order chi connectivity index (χ1) is 18.5. The summed E-state index contributed by atoms with van der Waals surface area (Å²) in [5.41, 5.74) is 5.64. The monoisotopic (exact) mass is 560 g/mol. The van der Waals surface area contributed by atoms with Gasteiger partial charge in [-0.3, -0.25) is 9.97 Å². The van der Waals surface area contributed by atoms with E-state index < -0.39 is 0 Å². The molecule has 4 aromatic heterocycles. The van der Waals surface area contributed by atoms with Crippen molar-refractivity contribution in [3.63, 3.8) is 0 Å².